The van der Waals surface area contributed by atoms with Gasteiger partial charge in [0.2, 0.25) is 0 Å². The number of benzene rings is 1. The predicted octanol–water partition coefficient (Wildman–Crippen LogP) is 2.38. The van der Waals surface area contributed by atoms with E-state index in [1.165, 1.54) is 0 Å². The number of nitrogens with zero attached hydrogens (tertiary/aromatic N) is 2. The summed E-state index contributed by atoms with van der Waals surface area (Å²) in [5.74, 6) is -0.268. The molecule has 1 heterocycles. The lowest BCUT2D eigenvalue weighted by Crippen LogP contribution is -2.27. The summed E-state index contributed by atoms with van der Waals surface area (Å²) in [7, 11) is 0. The van der Waals surface area contributed by atoms with E-state index in [1.54, 1.807) is 36.7 Å². The number of aryl methyl sites for hydroxylation is 1. The number of pyridine rings is 1. The maximum Gasteiger partial charge on any atom is 0.252 e. The summed E-state index contributed by atoms with van der Waals surface area (Å²) >= 11 is 0. The Kier molecular flexibility index (Phi) is 3.89. The lowest BCUT2D eigenvalue weighted by Gasteiger charge is -2.11. The van der Waals surface area contributed by atoms with E-state index in [0.717, 1.165) is 5.56 Å². The highest BCUT2D eigenvalue weighted by Crippen LogP contribution is 2.11. The molecule has 0 aliphatic rings. The third kappa shape index (κ3) is 3.17. The minimum Gasteiger partial charge on any atom is -0.332 e. The molecule has 1 aromatic carbocycles. The van der Waals surface area contributed by atoms with Crippen LogP contribution < -0.4 is 5.32 Å². The molecule has 94 valence electrons. The van der Waals surface area contributed by atoms with Crippen molar-refractivity contribution in [1.82, 2.24) is 10.3 Å². The first kappa shape index (κ1) is 12.8. The van der Waals surface area contributed by atoms with Gasteiger partial charge in [-0.1, -0.05) is 23.8 Å². The summed E-state index contributed by atoms with van der Waals surface area (Å²) in [6.07, 6.45) is 3.20. The Morgan fingerprint density at radius 1 is 1.32 bits per heavy atom. The number of carbonyl (C=O) groups excluding carboxylic acids is 1. The Hall–Kier alpha value is -2.67. The van der Waals surface area contributed by atoms with Crippen LogP contribution in [0.15, 0.2) is 48.8 Å². The number of rotatable bonds is 3. The van der Waals surface area contributed by atoms with Crippen LogP contribution in [0.5, 0.6) is 0 Å². The molecular formula is C15H13N3O. The summed E-state index contributed by atoms with van der Waals surface area (Å²) in [6, 6.07) is 12.1. The lowest BCUT2D eigenvalue weighted by molar-refractivity contribution is 0.0945. The molecule has 0 saturated heterocycles. The highest BCUT2D eigenvalue weighted by atomic mass is 16.1. The molecular weight excluding hydrogens is 238 g/mol. The van der Waals surface area contributed by atoms with Crippen molar-refractivity contribution in [3.05, 3.63) is 65.5 Å². The molecule has 4 heteroatoms. The molecule has 0 fully saturated rings. The van der Waals surface area contributed by atoms with Crippen LogP contribution in [0, 0.1) is 18.3 Å². The Morgan fingerprint density at radius 2 is 2.05 bits per heavy atom. The van der Waals surface area contributed by atoms with Crippen LogP contribution in [-0.2, 0) is 0 Å². The fourth-order valence-electron chi connectivity index (χ4n) is 1.66. The van der Waals surface area contributed by atoms with Gasteiger partial charge >= 0.3 is 0 Å². The monoisotopic (exact) mass is 251 g/mol. The maximum atomic E-state index is 12.0. The zero-order chi connectivity index (χ0) is 13.7. The molecule has 19 heavy (non-hydrogen) atoms. The summed E-state index contributed by atoms with van der Waals surface area (Å²) in [6.45, 7) is 1.95. The van der Waals surface area contributed by atoms with Gasteiger partial charge in [0.15, 0.2) is 0 Å². The van der Waals surface area contributed by atoms with Gasteiger partial charge in [-0.25, -0.2) is 0 Å². The van der Waals surface area contributed by atoms with E-state index in [9.17, 15) is 4.79 Å². The van der Waals surface area contributed by atoms with Crippen LogP contribution >= 0.6 is 0 Å². The van der Waals surface area contributed by atoms with Gasteiger partial charge in [-0.15, -0.1) is 0 Å². The van der Waals surface area contributed by atoms with Crippen LogP contribution in [-0.4, -0.2) is 10.9 Å². The molecule has 0 radical (unpaired) electrons. The number of hydrogen-bond acceptors (Lipinski definition) is 3. The molecule has 4 nitrogen and oxygen atoms in total. The van der Waals surface area contributed by atoms with Gasteiger partial charge in [-0.2, -0.15) is 5.26 Å². The fraction of sp³-hybridized carbons (Fsp3) is 0.133. The van der Waals surface area contributed by atoms with E-state index < -0.39 is 6.04 Å². The summed E-state index contributed by atoms with van der Waals surface area (Å²) in [4.78, 5) is 16.0. The largest absolute Gasteiger partial charge is 0.332 e. The molecule has 1 N–H and O–H groups in total. The molecule has 1 unspecified atom stereocenters. The quantitative estimate of drug-likeness (QED) is 0.910. The van der Waals surface area contributed by atoms with Crippen LogP contribution in [0.25, 0.3) is 0 Å². The second-order valence-electron chi connectivity index (χ2n) is 4.19. The van der Waals surface area contributed by atoms with Gasteiger partial charge in [0, 0.05) is 23.5 Å². The molecule has 0 bridgehead atoms. The van der Waals surface area contributed by atoms with Gasteiger partial charge in [0.05, 0.1) is 6.07 Å². The maximum absolute atomic E-state index is 12.0. The van der Waals surface area contributed by atoms with Crippen molar-refractivity contribution < 1.29 is 4.79 Å². The molecule has 0 aliphatic carbocycles. The summed E-state index contributed by atoms with van der Waals surface area (Å²) in [5.41, 5.74) is 2.29. The normalized spacial score (nSPS) is 11.4. The predicted molar refractivity (Wildman–Crippen MR) is 71.2 cm³/mol. The zero-order valence-electron chi connectivity index (χ0n) is 10.5. The average Bonchev–Trinajstić information content (AvgIpc) is 2.46. The van der Waals surface area contributed by atoms with Crippen LogP contribution in [0.4, 0.5) is 0 Å². The number of nitriles is 1. The van der Waals surface area contributed by atoms with E-state index in [1.807, 2.05) is 19.1 Å². The second-order valence-corrected chi connectivity index (χ2v) is 4.19. The molecule has 1 aromatic heterocycles. The molecule has 0 saturated carbocycles. The number of nitrogens with one attached hydrogen (secondary N) is 1. The third-order valence-corrected chi connectivity index (χ3v) is 2.74. The highest BCUT2D eigenvalue weighted by Gasteiger charge is 2.14. The van der Waals surface area contributed by atoms with Crippen molar-refractivity contribution in [2.24, 2.45) is 0 Å². The second kappa shape index (κ2) is 5.78. The van der Waals surface area contributed by atoms with Crippen molar-refractivity contribution in [2.75, 3.05) is 0 Å². The van der Waals surface area contributed by atoms with E-state index >= 15 is 0 Å². The Bertz CT molecular complexity index is 600. The molecule has 1 amide bonds. The topological polar surface area (TPSA) is 65.8 Å². The van der Waals surface area contributed by atoms with Gasteiger partial charge in [0.25, 0.3) is 5.91 Å². The minimum absolute atomic E-state index is 0.268. The van der Waals surface area contributed by atoms with Crippen molar-refractivity contribution in [1.29, 1.82) is 5.26 Å². The standard InChI is InChI=1S/C15H13N3O/c1-11-4-6-12(7-5-11)15(19)18-14(9-16)13-3-2-8-17-10-13/h2-8,10,14H,1H3,(H,18,19). The van der Waals surface area contributed by atoms with Gasteiger partial charge in [-0.05, 0) is 25.1 Å². The Morgan fingerprint density at radius 3 is 2.63 bits per heavy atom. The number of carbonyl (C=O) groups is 1. The Balaban J connectivity index is 2.13. The van der Waals surface area contributed by atoms with E-state index in [2.05, 4.69) is 16.4 Å². The van der Waals surface area contributed by atoms with Crippen molar-refractivity contribution in [2.45, 2.75) is 13.0 Å². The van der Waals surface area contributed by atoms with Crippen LogP contribution in [0.2, 0.25) is 0 Å². The van der Waals surface area contributed by atoms with E-state index in [-0.39, 0.29) is 5.91 Å². The van der Waals surface area contributed by atoms with E-state index in [0.29, 0.717) is 11.1 Å². The SMILES string of the molecule is Cc1ccc(C(=O)NC(C#N)c2cccnc2)cc1. The van der Waals surface area contributed by atoms with Gasteiger partial charge in [-0.3, -0.25) is 9.78 Å². The highest BCUT2D eigenvalue weighted by molar-refractivity contribution is 5.94. The lowest BCUT2D eigenvalue weighted by atomic mass is 10.1. The van der Waals surface area contributed by atoms with Gasteiger partial charge < -0.3 is 5.32 Å². The fourth-order valence-corrected chi connectivity index (χ4v) is 1.66. The smallest absolute Gasteiger partial charge is 0.252 e. The van der Waals surface area contributed by atoms with Crippen molar-refractivity contribution in [3.63, 3.8) is 0 Å². The first-order valence-electron chi connectivity index (χ1n) is 5.88. The number of aromatic nitrogens is 1. The van der Waals surface area contributed by atoms with Crippen molar-refractivity contribution in [3.8, 4) is 6.07 Å². The summed E-state index contributed by atoms with van der Waals surface area (Å²) in [5, 5.41) is 11.8. The third-order valence-electron chi connectivity index (χ3n) is 2.74. The van der Waals surface area contributed by atoms with E-state index in [4.69, 9.17) is 5.26 Å². The first-order chi connectivity index (χ1) is 9.20. The van der Waals surface area contributed by atoms with Crippen molar-refractivity contribution >= 4 is 5.91 Å². The first-order valence-corrected chi connectivity index (χ1v) is 5.88. The van der Waals surface area contributed by atoms with Gasteiger partial charge in [0.1, 0.15) is 6.04 Å². The summed E-state index contributed by atoms with van der Waals surface area (Å²) < 4.78 is 0. The van der Waals surface area contributed by atoms with Crippen LogP contribution in [0.1, 0.15) is 27.5 Å². The molecule has 1 atom stereocenters. The Labute approximate surface area is 111 Å². The number of amides is 1. The molecule has 2 rings (SSSR count). The average molecular weight is 251 g/mol. The number of hydrogen-bond donors (Lipinski definition) is 1. The molecule has 0 aliphatic heterocycles. The zero-order valence-corrected chi connectivity index (χ0v) is 10.5. The minimum atomic E-state index is -0.692. The molecule has 0 spiro atoms. The van der Waals surface area contributed by atoms with Crippen LogP contribution in [0.3, 0.4) is 0 Å². The molecule has 2 aromatic rings.